The maximum absolute atomic E-state index is 5.39. The molecular weight excluding hydrogens is 192 g/mol. The molecule has 0 aromatic heterocycles. The van der Waals surface area contributed by atoms with Crippen molar-refractivity contribution in [3.05, 3.63) is 0 Å². The Balaban J connectivity index is 2.23. The maximum atomic E-state index is 5.39. The SMILES string of the molecule is CCCCNC(=S)N(CCC)C1CC1. The Labute approximate surface area is 93.1 Å². The van der Waals surface area contributed by atoms with Crippen molar-refractivity contribution in [2.75, 3.05) is 13.1 Å². The lowest BCUT2D eigenvalue weighted by Gasteiger charge is -2.25. The molecular formula is C11H22N2S. The summed E-state index contributed by atoms with van der Waals surface area (Å²) >= 11 is 5.39. The number of nitrogens with zero attached hydrogens (tertiary/aromatic N) is 1. The van der Waals surface area contributed by atoms with Crippen LogP contribution in [0.25, 0.3) is 0 Å². The van der Waals surface area contributed by atoms with Crippen molar-refractivity contribution in [3.63, 3.8) is 0 Å². The summed E-state index contributed by atoms with van der Waals surface area (Å²) in [7, 11) is 0. The first-order valence-corrected chi connectivity index (χ1v) is 6.24. The van der Waals surface area contributed by atoms with Crippen LogP contribution >= 0.6 is 12.2 Å². The van der Waals surface area contributed by atoms with E-state index in [0.717, 1.165) is 24.2 Å². The third-order valence-electron chi connectivity index (χ3n) is 2.52. The van der Waals surface area contributed by atoms with E-state index in [1.807, 2.05) is 0 Å². The van der Waals surface area contributed by atoms with Gasteiger partial charge in [0.05, 0.1) is 0 Å². The number of nitrogens with one attached hydrogen (secondary N) is 1. The van der Waals surface area contributed by atoms with Gasteiger partial charge in [0.15, 0.2) is 5.11 Å². The average Bonchev–Trinajstić information content (AvgIpc) is 2.98. The Hall–Kier alpha value is -0.310. The van der Waals surface area contributed by atoms with Gasteiger partial charge in [-0.3, -0.25) is 0 Å². The minimum absolute atomic E-state index is 0.747. The molecule has 0 atom stereocenters. The lowest BCUT2D eigenvalue weighted by molar-refractivity contribution is 0.401. The molecule has 82 valence electrons. The van der Waals surface area contributed by atoms with Crippen LogP contribution in [0.3, 0.4) is 0 Å². The summed E-state index contributed by atoms with van der Waals surface area (Å²) in [5.41, 5.74) is 0. The summed E-state index contributed by atoms with van der Waals surface area (Å²) in [6, 6.07) is 0.747. The number of hydrogen-bond donors (Lipinski definition) is 1. The van der Waals surface area contributed by atoms with E-state index in [4.69, 9.17) is 12.2 Å². The highest BCUT2D eigenvalue weighted by atomic mass is 32.1. The molecule has 0 bridgehead atoms. The maximum Gasteiger partial charge on any atom is 0.169 e. The normalized spacial score (nSPS) is 15.3. The van der Waals surface area contributed by atoms with E-state index in [2.05, 4.69) is 24.1 Å². The molecule has 1 fully saturated rings. The van der Waals surface area contributed by atoms with Crippen molar-refractivity contribution in [1.29, 1.82) is 0 Å². The molecule has 0 unspecified atom stereocenters. The number of hydrogen-bond acceptors (Lipinski definition) is 1. The van der Waals surface area contributed by atoms with Crippen molar-refractivity contribution in [1.82, 2.24) is 10.2 Å². The highest BCUT2D eigenvalue weighted by Gasteiger charge is 2.29. The van der Waals surface area contributed by atoms with Gasteiger partial charge in [-0.1, -0.05) is 20.3 Å². The van der Waals surface area contributed by atoms with E-state index in [9.17, 15) is 0 Å². The first kappa shape index (κ1) is 11.8. The molecule has 0 aliphatic heterocycles. The highest BCUT2D eigenvalue weighted by Crippen LogP contribution is 2.26. The van der Waals surface area contributed by atoms with Gasteiger partial charge in [-0.2, -0.15) is 0 Å². The minimum atomic E-state index is 0.747. The zero-order valence-corrected chi connectivity index (χ0v) is 10.2. The molecule has 1 saturated carbocycles. The van der Waals surface area contributed by atoms with Gasteiger partial charge in [-0.25, -0.2) is 0 Å². The van der Waals surface area contributed by atoms with Gasteiger partial charge in [0.25, 0.3) is 0 Å². The molecule has 0 amide bonds. The Morgan fingerprint density at radius 3 is 2.57 bits per heavy atom. The standard InChI is InChI=1S/C11H22N2S/c1-3-5-8-12-11(14)13(9-4-2)10-6-7-10/h10H,3-9H2,1-2H3,(H,12,14). The number of thiocarbonyl (C=S) groups is 1. The van der Waals surface area contributed by atoms with E-state index in [1.165, 1.54) is 32.1 Å². The van der Waals surface area contributed by atoms with Crippen LogP contribution in [-0.2, 0) is 0 Å². The van der Waals surface area contributed by atoms with Crippen molar-refractivity contribution >= 4 is 17.3 Å². The molecule has 0 saturated heterocycles. The van der Waals surface area contributed by atoms with E-state index in [0.29, 0.717) is 0 Å². The van der Waals surface area contributed by atoms with Gasteiger partial charge in [0, 0.05) is 19.1 Å². The highest BCUT2D eigenvalue weighted by molar-refractivity contribution is 7.80. The second-order valence-electron chi connectivity index (χ2n) is 4.01. The summed E-state index contributed by atoms with van der Waals surface area (Å²) < 4.78 is 0. The Morgan fingerprint density at radius 1 is 1.36 bits per heavy atom. The van der Waals surface area contributed by atoms with Crippen molar-refractivity contribution in [3.8, 4) is 0 Å². The van der Waals surface area contributed by atoms with Crippen molar-refractivity contribution in [2.24, 2.45) is 0 Å². The summed E-state index contributed by atoms with van der Waals surface area (Å²) in [5.74, 6) is 0. The fourth-order valence-electron chi connectivity index (χ4n) is 1.55. The van der Waals surface area contributed by atoms with Gasteiger partial charge in [0.1, 0.15) is 0 Å². The molecule has 1 aliphatic rings. The van der Waals surface area contributed by atoms with Gasteiger partial charge >= 0.3 is 0 Å². The summed E-state index contributed by atoms with van der Waals surface area (Å²) in [6.45, 7) is 6.56. The van der Waals surface area contributed by atoms with Crippen molar-refractivity contribution in [2.45, 2.75) is 52.0 Å². The zero-order chi connectivity index (χ0) is 10.4. The van der Waals surface area contributed by atoms with E-state index in [-0.39, 0.29) is 0 Å². The lowest BCUT2D eigenvalue weighted by atomic mass is 10.3. The van der Waals surface area contributed by atoms with E-state index in [1.54, 1.807) is 0 Å². The number of rotatable bonds is 6. The zero-order valence-electron chi connectivity index (χ0n) is 9.38. The van der Waals surface area contributed by atoms with Crippen molar-refractivity contribution < 1.29 is 0 Å². The van der Waals surface area contributed by atoms with Crippen LogP contribution in [0.4, 0.5) is 0 Å². The van der Waals surface area contributed by atoms with Crippen LogP contribution in [0.15, 0.2) is 0 Å². The Morgan fingerprint density at radius 2 is 2.07 bits per heavy atom. The predicted octanol–water partition coefficient (Wildman–Crippen LogP) is 2.54. The smallest absolute Gasteiger partial charge is 0.169 e. The molecule has 3 heteroatoms. The molecule has 1 N–H and O–H groups in total. The summed E-state index contributed by atoms with van der Waals surface area (Å²) in [4.78, 5) is 2.37. The summed E-state index contributed by atoms with van der Waals surface area (Å²) in [6.07, 6.45) is 6.29. The van der Waals surface area contributed by atoms with Crippen LogP contribution in [0, 0.1) is 0 Å². The Kier molecular flexibility index (Phi) is 5.23. The molecule has 0 aromatic carbocycles. The molecule has 2 nitrogen and oxygen atoms in total. The molecule has 0 heterocycles. The second-order valence-corrected chi connectivity index (χ2v) is 4.40. The first-order valence-electron chi connectivity index (χ1n) is 5.84. The van der Waals surface area contributed by atoms with Gasteiger partial charge in [-0.15, -0.1) is 0 Å². The van der Waals surface area contributed by atoms with E-state index < -0.39 is 0 Å². The van der Waals surface area contributed by atoms with Crippen LogP contribution in [-0.4, -0.2) is 29.1 Å². The molecule has 0 radical (unpaired) electrons. The molecule has 1 aliphatic carbocycles. The molecule has 0 aromatic rings. The lowest BCUT2D eigenvalue weighted by Crippen LogP contribution is -2.41. The minimum Gasteiger partial charge on any atom is -0.363 e. The average molecular weight is 214 g/mol. The second kappa shape index (κ2) is 6.23. The third-order valence-corrected chi connectivity index (χ3v) is 2.90. The first-order chi connectivity index (χ1) is 6.79. The van der Waals surface area contributed by atoms with Gasteiger partial charge in [0.2, 0.25) is 0 Å². The topological polar surface area (TPSA) is 15.3 Å². The third kappa shape index (κ3) is 3.82. The Bertz CT molecular complexity index is 178. The van der Waals surface area contributed by atoms with Crippen LogP contribution in [0.5, 0.6) is 0 Å². The summed E-state index contributed by atoms with van der Waals surface area (Å²) in [5, 5.41) is 4.32. The monoisotopic (exact) mass is 214 g/mol. The van der Waals surface area contributed by atoms with E-state index >= 15 is 0 Å². The fourth-order valence-corrected chi connectivity index (χ4v) is 1.89. The van der Waals surface area contributed by atoms with Gasteiger partial charge in [-0.05, 0) is 37.9 Å². The molecule has 14 heavy (non-hydrogen) atoms. The quantitative estimate of drug-likeness (QED) is 0.540. The fraction of sp³-hybridized carbons (Fsp3) is 0.909. The molecule has 0 spiro atoms. The van der Waals surface area contributed by atoms with Crippen LogP contribution < -0.4 is 5.32 Å². The van der Waals surface area contributed by atoms with Crippen LogP contribution in [0.1, 0.15) is 46.0 Å². The predicted molar refractivity (Wildman–Crippen MR) is 65.5 cm³/mol. The molecule has 1 rings (SSSR count). The van der Waals surface area contributed by atoms with Crippen LogP contribution in [0.2, 0.25) is 0 Å². The van der Waals surface area contributed by atoms with Gasteiger partial charge < -0.3 is 10.2 Å². The largest absolute Gasteiger partial charge is 0.363 e. The number of unbranched alkanes of at least 4 members (excludes halogenated alkanes) is 1.